The second-order valence-electron chi connectivity index (χ2n) is 5.30. The average molecular weight is 326 g/mol. The molecule has 0 saturated heterocycles. The number of benzene rings is 2. The van der Waals surface area contributed by atoms with Gasteiger partial charge < -0.3 is 4.74 Å². The van der Waals surface area contributed by atoms with E-state index < -0.39 is 5.97 Å². The SMILES string of the molecule is Cc1ccc(-c2nnn(CC(=O)OCc3cccc(F)c3)n2)cc1. The summed E-state index contributed by atoms with van der Waals surface area (Å²) in [7, 11) is 0. The molecule has 3 rings (SSSR count). The van der Waals surface area contributed by atoms with Gasteiger partial charge in [-0.2, -0.15) is 4.80 Å². The largest absolute Gasteiger partial charge is 0.459 e. The van der Waals surface area contributed by atoms with Gasteiger partial charge in [-0.15, -0.1) is 10.2 Å². The summed E-state index contributed by atoms with van der Waals surface area (Å²) in [5.74, 6) is -0.454. The lowest BCUT2D eigenvalue weighted by atomic mass is 10.1. The summed E-state index contributed by atoms with van der Waals surface area (Å²) >= 11 is 0. The minimum Gasteiger partial charge on any atom is -0.459 e. The number of carbonyl (C=O) groups excluding carboxylic acids is 1. The Morgan fingerprint density at radius 1 is 1.21 bits per heavy atom. The molecule has 0 spiro atoms. The zero-order valence-electron chi connectivity index (χ0n) is 13.0. The van der Waals surface area contributed by atoms with Crippen molar-refractivity contribution in [3.8, 4) is 11.4 Å². The van der Waals surface area contributed by atoms with E-state index in [4.69, 9.17) is 4.74 Å². The van der Waals surface area contributed by atoms with Gasteiger partial charge >= 0.3 is 5.97 Å². The first kappa shape index (κ1) is 15.8. The molecule has 2 aromatic carbocycles. The summed E-state index contributed by atoms with van der Waals surface area (Å²) in [5, 5.41) is 11.9. The molecule has 0 aliphatic rings. The number of halogens is 1. The minimum atomic E-state index is -0.521. The summed E-state index contributed by atoms with van der Waals surface area (Å²) < 4.78 is 18.1. The summed E-state index contributed by atoms with van der Waals surface area (Å²) in [4.78, 5) is 13.0. The zero-order valence-corrected chi connectivity index (χ0v) is 13.0. The fourth-order valence-electron chi connectivity index (χ4n) is 2.08. The quantitative estimate of drug-likeness (QED) is 0.674. The molecule has 0 aliphatic carbocycles. The average Bonchev–Trinajstić information content (AvgIpc) is 3.02. The lowest BCUT2D eigenvalue weighted by Gasteiger charge is -2.04. The third-order valence-electron chi connectivity index (χ3n) is 3.32. The summed E-state index contributed by atoms with van der Waals surface area (Å²) in [6.45, 7) is 1.83. The number of rotatable bonds is 5. The van der Waals surface area contributed by atoms with Gasteiger partial charge in [-0.05, 0) is 29.8 Å². The molecule has 0 fully saturated rings. The van der Waals surface area contributed by atoms with Crippen LogP contribution >= 0.6 is 0 Å². The summed E-state index contributed by atoms with van der Waals surface area (Å²) in [6.07, 6.45) is 0. The number of hydrogen-bond acceptors (Lipinski definition) is 5. The number of hydrogen-bond donors (Lipinski definition) is 0. The molecular formula is C17H15FN4O2. The van der Waals surface area contributed by atoms with Crippen LogP contribution in [0.1, 0.15) is 11.1 Å². The fraction of sp³-hybridized carbons (Fsp3) is 0.176. The first-order chi connectivity index (χ1) is 11.6. The van der Waals surface area contributed by atoms with Crippen LogP contribution in [0.5, 0.6) is 0 Å². The van der Waals surface area contributed by atoms with E-state index in [-0.39, 0.29) is 19.0 Å². The molecule has 0 radical (unpaired) electrons. The van der Waals surface area contributed by atoms with Crippen molar-refractivity contribution in [3.05, 3.63) is 65.5 Å². The third kappa shape index (κ3) is 4.01. The summed E-state index contributed by atoms with van der Waals surface area (Å²) in [6, 6.07) is 13.6. The fourth-order valence-corrected chi connectivity index (χ4v) is 2.08. The van der Waals surface area contributed by atoms with Gasteiger partial charge in [0.05, 0.1) is 0 Å². The van der Waals surface area contributed by atoms with E-state index >= 15 is 0 Å². The number of esters is 1. The molecule has 0 amide bonds. The highest BCUT2D eigenvalue weighted by Gasteiger charge is 2.10. The highest BCUT2D eigenvalue weighted by atomic mass is 19.1. The van der Waals surface area contributed by atoms with Crippen molar-refractivity contribution >= 4 is 5.97 Å². The molecule has 1 heterocycles. The highest BCUT2D eigenvalue weighted by molar-refractivity contribution is 5.69. The second kappa shape index (κ2) is 6.99. The maximum Gasteiger partial charge on any atom is 0.330 e. The Bertz CT molecular complexity index is 846. The van der Waals surface area contributed by atoms with Crippen LogP contribution < -0.4 is 0 Å². The van der Waals surface area contributed by atoms with E-state index in [2.05, 4.69) is 15.4 Å². The van der Waals surface area contributed by atoms with Gasteiger partial charge in [0.2, 0.25) is 5.82 Å². The van der Waals surface area contributed by atoms with Crippen molar-refractivity contribution < 1.29 is 13.9 Å². The Kier molecular flexibility index (Phi) is 4.60. The Hall–Kier alpha value is -3.09. The van der Waals surface area contributed by atoms with Gasteiger partial charge in [0.25, 0.3) is 0 Å². The standard InChI is InChI=1S/C17H15FN4O2/c1-12-5-7-14(8-6-12)17-19-21-22(20-17)10-16(23)24-11-13-3-2-4-15(18)9-13/h2-9H,10-11H2,1H3. The number of ether oxygens (including phenoxy) is 1. The maximum absolute atomic E-state index is 13.1. The molecule has 24 heavy (non-hydrogen) atoms. The van der Waals surface area contributed by atoms with Gasteiger partial charge in [0.1, 0.15) is 12.4 Å². The molecule has 0 N–H and O–H groups in total. The van der Waals surface area contributed by atoms with Crippen LogP contribution in [-0.2, 0) is 22.7 Å². The van der Waals surface area contributed by atoms with Crippen molar-refractivity contribution in [2.45, 2.75) is 20.1 Å². The van der Waals surface area contributed by atoms with E-state index in [1.165, 1.54) is 16.9 Å². The van der Waals surface area contributed by atoms with Crippen molar-refractivity contribution in [1.82, 2.24) is 20.2 Å². The smallest absolute Gasteiger partial charge is 0.330 e. The van der Waals surface area contributed by atoms with Crippen LogP contribution in [0.25, 0.3) is 11.4 Å². The van der Waals surface area contributed by atoms with Crippen molar-refractivity contribution in [3.63, 3.8) is 0 Å². The van der Waals surface area contributed by atoms with Crippen LogP contribution in [0.3, 0.4) is 0 Å². The van der Waals surface area contributed by atoms with Gasteiger partial charge in [-0.1, -0.05) is 42.0 Å². The monoisotopic (exact) mass is 326 g/mol. The van der Waals surface area contributed by atoms with Crippen molar-refractivity contribution in [1.29, 1.82) is 0 Å². The third-order valence-corrected chi connectivity index (χ3v) is 3.32. The number of carbonyl (C=O) groups is 1. The normalized spacial score (nSPS) is 10.6. The maximum atomic E-state index is 13.1. The van der Waals surface area contributed by atoms with Crippen LogP contribution in [0, 0.1) is 12.7 Å². The molecule has 0 atom stereocenters. The lowest BCUT2D eigenvalue weighted by molar-refractivity contribution is -0.146. The number of tetrazole rings is 1. The van der Waals surface area contributed by atoms with Crippen LogP contribution in [0.2, 0.25) is 0 Å². The Balaban J connectivity index is 1.58. The van der Waals surface area contributed by atoms with Gasteiger partial charge in [0.15, 0.2) is 6.54 Å². The van der Waals surface area contributed by atoms with Gasteiger partial charge in [0, 0.05) is 5.56 Å². The highest BCUT2D eigenvalue weighted by Crippen LogP contribution is 2.14. The number of aryl methyl sites for hydroxylation is 1. The van der Waals surface area contributed by atoms with E-state index in [1.54, 1.807) is 12.1 Å². The Labute approximate surface area is 137 Å². The van der Waals surface area contributed by atoms with E-state index in [1.807, 2.05) is 31.2 Å². The molecule has 3 aromatic rings. The molecule has 0 saturated carbocycles. The van der Waals surface area contributed by atoms with Gasteiger partial charge in [-0.3, -0.25) is 0 Å². The first-order valence-electron chi connectivity index (χ1n) is 7.35. The van der Waals surface area contributed by atoms with Crippen LogP contribution in [0.4, 0.5) is 4.39 Å². The molecule has 7 heteroatoms. The number of aromatic nitrogens is 4. The minimum absolute atomic E-state index is 0.00386. The Morgan fingerprint density at radius 3 is 2.75 bits per heavy atom. The molecule has 0 aliphatic heterocycles. The zero-order chi connectivity index (χ0) is 16.9. The molecule has 6 nitrogen and oxygen atoms in total. The van der Waals surface area contributed by atoms with Crippen LogP contribution in [0.15, 0.2) is 48.5 Å². The molecule has 0 unspecified atom stereocenters. The van der Waals surface area contributed by atoms with E-state index in [0.717, 1.165) is 11.1 Å². The molecule has 1 aromatic heterocycles. The molecular weight excluding hydrogens is 311 g/mol. The predicted octanol–water partition coefficient (Wildman–Crippen LogP) is 2.53. The van der Waals surface area contributed by atoms with Gasteiger partial charge in [-0.25, -0.2) is 9.18 Å². The lowest BCUT2D eigenvalue weighted by Crippen LogP contribution is -2.15. The number of nitrogens with zero attached hydrogens (tertiary/aromatic N) is 4. The Morgan fingerprint density at radius 2 is 2.00 bits per heavy atom. The first-order valence-corrected chi connectivity index (χ1v) is 7.35. The second-order valence-corrected chi connectivity index (χ2v) is 5.30. The van der Waals surface area contributed by atoms with Crippen LogP contribution in [-0.4, -0.2) is 26.2 Å². The topological polar surface area (TPSA) is 69.9 Å². The molecule has 0 bridgehead atoms. The van der Waals surface area contributed by atoms with E-state index in [9.17, 15) is 9.18 Å². The molecule has 122 valence electrons. The van der Waals surface area contributed by atoms with Crippen molar-refractivity contribution in [2.24, 2.45) is 0 Å². The predicted molar refractivity (Wildman–Crippen MR) is 84.2 cm³/mol. The van der Waals surface area contributed by atoms with E-state index in [0.29, 0.717) is 11.4 Å². The summed E-state index contributed by atoms with van der Waals surface area (Å²) in [5.41, 5.74) is 2.53. The van der Waals surface area contributed by atoms with Crippen molar-refractivity contribution in [2.75, 3.05) is 0 Å².